The standard InChI is InChI=1S/C27H34N2O6/c1-18-8-6-10-22(19(18)2)28-25(30)17-29(16-21-9-7-13-35-21)26(31)12-11-20-14-23(32-3)27(34-5)24(15-20)33-4/h6,8,10-12,14-15,21H,7,9,13,16-17H2,1-5H3,(H,28,30)/b12-11+. The number of anilines is 1. The van der Waals surface area contributed by atoms with Crippen molar-refractivity contribution in [2.24, 2.45) is 0 Å². The van der Waals surface area contributed by atoms with Gasteiger partial charge in [0.25, 0.3) is 0 Å². The second-order valence-corrected chi connectivity index (χ2v) is 8.44. The summed E-state index contributed by atoms with van der Waals surface area (Å²) in [7, 11) is 4.60. The molecule has 0 radical (unpaired) electrons. The van der Waals surface area contributed by atoms with E-state index in [1.807, 2.05) is 32.0 Å². The number of hydrogen-bond donors (Lipinski definition) is 1. The SMILES string of the molecule is COc1cc(/C=C/C(=O)N(CC(=O)Nc2cccc(C)c2C)CC2CCCO2)cc(OC)c1OC. The monoisotopic (exact) mass is 482 g/mol. The molecule has 1 saturated heterocycles. The Hall–Kier alpha value is -3.52. The molecule has 0 bridgehead atoms. The lowest BCUT2D eigenvalue weighted by atomic mass is 10.1. The number of aryl methyl sites for hydroxylation is 1. The number of hydrogen-bond acceptors (Lipinski definition) is 6. The van der Waals surface area contributed by atoms with Crippen LogP contribution < -0.4 is 19.5 Å². The van der Waals surface area contributed by atoms with Gasteiger partial charge >= 0.3 is 0 Å². The van der Waals surface area contributed by atoms with Gasteiger partial charge in [0.1, 0.15) is 6.54 Å². The van der Waals surface area contributed by atoms with E-state index >= 15 is 0 Å². The lowest BCUT2D eigenvalue weighted by Crippen LogP contribution is -2.41. The van der Waals surface area contributed by atoms with Gasteiger partial charge in [-0.05, 0) is 67.7 Å². The van der Waals surface area contributed by atoms with Crippen molar-refractivity contribution >= 4 is 23.6 Å². The van der Waals surface area contributed by atoms with Gasteiger partial charge in [-0.1, -0.05) is 12.1 Å². The van der Waals surface area contributed by atoms with E-state index in [0.29, 0.717) is 36.0 Å². The fourth-order valence-corrected chi connectivity index (χ4v) is 3.99. The molecule has 3 rings (SSSR count). The van der Waals surface area contributed by atoms with E-state index in [0.717, 1.165) is 29.7 Å². The zero-order valence-electron chi connectivity index (χ0n) is 21.1. The van der Waals surface area contributed by atoms with Crippen LogP contribution in [-0.4, -0.2) is 63.8 Å². The van der Waals surface area contributed by atoms with Gasteiger partial charge in [0.2, 0.25) is 17.6 Å². The van der Waals surface area contributed by atoms with E-state index < -0.39 is 0 Å². The smallest absolute Gasteiger partial charge is 0.247 e. The predicted octanol–water partition coefficient (Wildman–Crippen LogP) is 3.99. The molecule has 2 amide bonds. The maximum Gasteiger partial charge on any atom is 0.247 e. The van der Waals surface area contributed by atoms with Gasteiger partial charge in [-0.25, -0.2) is 0 Å². The van der Waals surface area contributed by atoms with Crippen molar-refractivity contribution in [2.45, 2.75) is 32.8 Å². The molecule has 2 aromatic rings. The van der Waals surface area contributed by atoms with Gasteiger partial charge < -0.3 is 29.2 Å². The first-order valence-corrected chi connectivity index (χ1v) is 11.6. The van der Waals surface area contributed by atoms with E-state index in [2.05, 4.69) is 5.32 Å². The quantitative estimate of drug-likeness (QED) is 0.516. The van der Waals surface area contributed by atoms with Crippen LogP contribution >= 0.6 is 0 Å². The van der Waals surface area contributed by atoms with Crippen LogP contribution in [0.4, 0.5) is 5.69 Å². The Kier molecular flexibility index (Phi) is 9.14. The molecule has 35 heavy (non-hydrogen) atoms. The van der Waals surface area contributed by atoms with Crippen LogP contribution in [-0.2, 0) is 14.3 Å². The Labute approximate surface area is 206 Å². The average Bonchev–Trinajstić information content (AvgIpc) is 3.37. The number of nitrogens with zero attached hydrogens (tertiary/aromatic N) is 1. The highest BCUT2D eigenvalue weighted by atomic mass is 16.5. The van der Waals surface area contributed by atoms with Crippen molar-refractivity contribution in [3.05, 3.63) is 53.1 Å². The summed E-state index contributed by atoms with van der Waals surface area (Å²) >= 11 is 0. The number of rotatable bonds is 10. The minimum atomic E-state index is -0.287. The Balaban J connectivity index is 1.77. The molecule has 2 aromatic carbocycles. The average molecular weight is 483 g/mol. The highest BCUT2D eigenvalue weighted by Gasteiger charge is 2.24. The fraction of sp³-hybridized carbons (Fsp3) is 0.407. The number of carbonyl (C=O) groups is 2. The summed E-state index contributed by atoms with van der Waals surface area (Å²) in [5.74, 6) is 0.907. The Morgan fingerprint density at radius 2 is 1.83 bits per heavy atom. The molecule has 1 aliphatic rings. The molecular formula is C27H34N2O6. The van der Waals surface area contributed by atoms with Crippen molar-refractivity contribution in [2.75, 3.05) is 46.3 Å². The largest absolute Gasteiger partial charge is 0.493 e. The molecule has 8 nitrogen and oxygen atoms in total. The topological polar surface area (TPSA) is 86.3 Å². The first-order valence-electron chi connectivity index (χ1n) is 11.6. The molecule has 1 aliphatic heterocycles. The summed E-state index contributed by atoms with van der Waals surface area (Å²) in [6, 6.07) is 9.25. The molecule has 1 unspecified atom stereocenters. The second-order valence-electron chi connectivity index (χ2n) is 8.44. The number of ether oxygens (including phenoxy) is 4. The lowest BCUT2D eigenvalue weighted by Gasteiger charge is -2.24. The molecule has 1 fully saturated rings. The van der Waals surface area contributed by atoms with Crippen molar-refractivity contribution in [3.63, 3.8) is 0 Å². The number of benzene rings is 2. The van der Waals surface area contributed by atoms with Crippen molar-refractivity contribution in [1.29, 1.82) is 0 Å². The van der Waals surface area contributed by atoms with Crippen LogP contribution in [0.2, 0.25) is 0 Å². The Morgan fingerprint density at radius 3 is 2.43 bits per heavy atom. The van der Waals surface area contributed by atoms with E-state index in [-0.39, 0.29) is 24.5 Å². The minimum Gasteiger partial charge on any atom is -0.493 e. The first-order chi connectivity index (χ1) is 16.9. The highest BCUT2D eigenvalue weighted by Crippen LogP contribution is 2.38. The first kappa shape index (κ1) is 26.1. The maximum absolute atomic E-state index is 13.2. The highest BCUT2D eigenvalue weighted by molar-refractivity contribution is 5.98. The lowest BCUT2D eigenvalue weighted by molar-refractivity contribution is -0.131. The third kappa shape index (κ3) is 6.76. The summed E-state index contributed by atoms with van der Waals surface area (Å²) in [6.07, 6.45) is 4.84. The summed E-state index contributed by atoms with van der Waals surface area (Å²) in [6.45, 7) is 4.89. The van der Waals surface area contributed by atoms with Gasteiger partial charge in [-0.3, -0.25) is 9.59 Å². The molecule has 188 valence electrons. The summed E-state index contributed by atoms with van der Waals surface area (Å²) in [4.78, 5) is 27.5. The van der Waals surface area contributed by atoms with Crippen LogP contribution in [0.1, 0.15) is 29.5 Å². The molecule has 0 aliphatic carbocycles. The predicted molar refractivity (Wildman–Crippen MR) is 135 cm³/mol. The van der Waals surface area contributed by atoms with Gasteiger partial charge in [-0.2, -0.15) is 0 Å². The molecule has 1 atom stereocenters. The molecule has 1 heterocycles. The second kappa shape index (κ2) is 12.3. The van der Waals surface area contributed by atoms with E-state index in [9.17, 15) is 9.59 Å². The third-order valence-corrected chi connectivity index (χ3v) is 6.08. The van der Waals surface area contributed by atoms with Crippen LogP contribution in [0.25, 0.3) is 6.08 Å². The number of nitrogens with one attached hydrogen (secondary N) is 1. The maximum atomic E-state index is 13.2. The van der Waals surface area contributed by atoms with Crippen molar-refractivity contribution < 1.29 is 28.5 Å². The van der Waals surface area contributed by atoms with E-state index in [4.69, 9.17) is 18.9 Å². The van der Waals surface area contributed by atoms with Crippen molar-refractivity contribution in [1.82, 2.24) is 4.90 Å². The van der Waals surface area contributed by atoms with Gasteiger partial charge in [0.05, 0.1) is 27.4 Å². The van der Waals surface area contributed by atoms with Crippen LogP contribution in [0.15, 0.2) is 36.4 Å². The minimum absolute atomic E-state index is 0.0777. The van der Waals surface area contributed by atoms with Gasteiger partial charge in [0, 0.05) is 24.9 Å². The van der Waals surface area contributed by atoms with E-state index in [1.165, 1.54) is 32.3 Å². The van der Waals surface area contributed by atoms with E-state index in [1.54, 1.807) is 18.2 Å². The molecule has 0 saturated carbocycles. The number of methoxy groups -OCH3 is 3. The van der Waals surface area contributed by atoms with Crippen molar-refractivity contribution in [3.8, 4) is 17.2 Å². The van der Waals surface area contributed by atoms with Gasteiger partial charge in [0.15, 0.2) is 11.5 Å². The zero-order chi connectivity index (χ0) is 25.4. The Morgan fingerprint density at radius 1 is 1.11 bits per heavy atom. The zero-order valence-corrected chi connectivity index (χ0v) is 21.1. The molecule has 0 spiro atoms. The third-order valence-electron chi connectivity index (χ3n) is 6.08. The summed E-state index contributed by atoms with van der Waals surface area (Å²) in [5.41, 5.74) is 3.53. The van der Waals surface area contributed by atoms with Crippen LogP contribution in [0, 0.1) is 13.8 Å². The summed E-state index contributed by atoms with van der Waals surface area (Å²) < 4.78 is 21.8. The molecule has 8 heteroatoms. The summed E-state index contributed by atoms with van der Waals surface area (Å²) in [5, 5.41) is 2.93. The fourth-order valence-electron chi connectivity index (χ4n) is 3.99. The number of carbonyl (C=O) groups excluding carboxylic acids is 2. The number of amides is 2. The molecular weight excluding hydrogens is 448 g/mol. The van der Waals surface area contributed by atoms with Crippen LogP contribution in [0.3, 0.4) is 0 Å². The van der Waals surface area contributed by atoms with Gasteiger partial charge in [-0.15, -0.1) is 0 Å². The molecule has 1 N–H and O–H groups in total. The van der Waals surface area contributed by atoms with Crippen LogP contribution in [0.5, 0.6) is 17.2 Å². The normalized spacial score (nSPS) is 15.2. The molecule has 0 aromatic heterocycles. The Bertz CT molecular complexity index is 1050.